The highest BCUT2D eigenvalue weighted by molar-refractivity contribution is 6.33. The number of pyridine rings is 1. The van der Waals surface area contributed by atoms with Crippen LogP contribution < -0.4 is 5.84 Å². The molecule has 0 unspecified atom stereocenters. The van der Waals surface area contributed by atoms with Crippen molar-refractivity contribution in [1.82, 2.24) is 4.98 Å². The number of hydrogen-bond acceptors (Lipinski definition) is 5. The number of carbonyl (C=O) groups excluding carboxylic acids is 1. The fraction of sp³-hybridized carbons (Fsp3) is 0.357. The van der Waals surface area contributed by atoms with Gasteiger partial charge in [-0.05, 0) is 32.9 Å². The van der Waals surface area contributed by atoms with Crippen LogP contribution in [0.3, 0.4) is 0 Å². The van der Waals surface area contributed by atoms with Gasteiger partial charge in [-0.25, -0.2) is 9.78 Å². The Hall–Kier alpha value is -1.59. The first kappa shape index (κ1) is 17.5. The number of hydrazone groups is 1. The maximum atomic E-state index is 11.7. The molecular formula is C14H17Cl2N3O2. The van der Waals surface area contributed by atoms with Gasteiger partial charge in [-0.1, -0.05) is 11.6 Å². The lowest BCUT2D eigenvalue weighted by atomic mass is 10.1. The van der Waals surface area contributed by atoms with Crippen LogP contribution >= 0.6 is 23.2 Å². The van der Waals surface area contributed by atoms with Crippen molar-refractivity contribution in [3.05, 3.63) is 34.6 Å². The van der Waals surface area contributed by atoms with Crippen LogP contribution in [0.5, 0.6) is 0 Å². The number of nitrogens with two attached hydrogens (primary N) is 1. The Balaban J connectivity index is 3.06. The minimum absolute atomic E-state index is 0.115. The molecule has 1 aromatic heterocycles. The van der Waals surface area contributed by atoms with Crippen LogP contribution in [-0.4, -0.2) is 28.1 Å². The second-order valence-corrected chi connectivity index (χ2v) is 5.83. The number of nitrogens with zero attached hydrogens (tertiary/aromatic N) is 2. The van der Waals surface area contributed by atoms with E-state index >= 15 is 0 Å². The second-order valence-electron chi connectivity index (χ2n) is 5.17. The molecule has 0 saturated heterocycles. The summed E-state index contributed by atoms with van der Waals surface area (Å²) in [6, 6.07) is 1.59. The molecule has 0 radical (unpaired) electrons. The summed E-state index contributed by atoms with van der Waals surface area (Å²) < 4.78 is 5.18. The van der Waals surface area contributed by atoms with Gasteiger partial charge in [0.05, 0.1) is 11.6 Å². The van der Waals surface area contributed by atoms with E-state index in [1.54, 1.807) is 32.9 Å². The molecule has 5 nitrogen and oxygen atoms in total. The summed E-state index contributed by atoms with van der Waals surface area (Å²) in [7, 11) is 0. The van der Waals surface area contributed by atoms with Crippen LogP contribution in [0.25, 0.3) is 6.08 Å². The molecule has 0 aromatic carbocycles. The van der Waals surface area contributed by atoms with Crippen molar-refractivity contribution in [2.75, 3.05) is 5.88 Å². The van der Waals surface area contributed by atoms with Crippen molar-refractivity contribution in [2.45, 2.75) is 26.4 Å². The molecule has 7 heteroatoms. The molecule has 114 valence electrons. The minimum Gasteiger partial charge on any atom is -0.457 e. The van der Waals surface area contributed by atoms with Crippen molar-refractivity contribution in [1.29, 1.82) is 0 Å². The van der Waals surface area contributed by atoms with Crippen LogP contribution in [0.1, 0.15) is 31.9 Å². The molecule has 0 aliphatic rings. The van der Waals surface area contributed by atoms with Gasteiger partial charge in [-0.15, -0.1) is 11.6 Å². The number of alkyl halides is 1. The molecule has 0 aliphatic heterocycles. The third-order valence-electron chi connectivity index (χ3n) is 2.30. The number of hydrogen-bond donors (Lipinski definition) is 1. The van der Waals surface area contributed by atoms with Crippen molar-refractivity contribution in [3.63, 3.8) is 0 Å². The molecule has 0 bridgehead atoms. The first-order chi connectivity index (χ1) is 9.76. The monoisotopic (exact) mass is 329 g/mol. The van der Waals surface area contributed by atoms with Gasteiger partial charge in [-0.2, -0.15) is 5.10 Å². The highest BCUT2D eigenvalue weighted by atomic mass is 35.5. The van der Waals surface area contributed by atoms with Gasteiger partial charge in [0.25, 0.3) is 0 Å². The first-order valence-electron chi connectivity index (χ1n) is 6.16. The maximum Gasteiger partial charge on any atom is 0.331 e. The Morgan fingerprint density at radius 1 is 1.52 bits per heavy atom. The van der Waals surface area contributed by atoms with Gasteiger partial charge >= 0.3 is 5.97 Å². The topological polar surface area (TPSA) is 77.6 Å². The second kappa shape index (κ2) is 7.43. The zero-order valence-corrected chi connectivity index (χ0v) is 13.6. The summed E-state index contributed by atoms with van der Waals surface area (Å²) in [5, 5.41) is 3.90. The van der Waals surface area contributed by atoms with E-state index in [-0.39, 0.29) is 11.0 Å². The number of aromatic nitrogens is 1. The summed E-state index contributed by atoms with van der Waals surface area (Å²) in [5.41, 5.74) is 1.13. The van der Waals surface area contributed by atoms with E-state index in [9.17, 15) is 4.79 Å². The fourth-order valence-corrected chi connectivity index (χ4v) is 1.86. The summed E-state index contributed by atoms with van der Waals surface area (Å²) in [5.74, 6) is 4.96. The van der Waals surface area contributed by atoms with Gasteiger partial charge in [0.15, 0.2) is 0 Å². The Kier molecular flexibility index (Phi) is 6.18. The molecular weight excluding hydrogens is 313 g/mol. The number of ether oxygens (including phenoxy) is 1. The summed E-state index contributed by atoms with van der Waals surface area (Å²) in [6.45, 7) is 5.38. The van der Waals surface area contributed by atoms with Crippen molar-refractivity contribution >= 4 is 41.0 Å². The average molecular weight is 330 g/mol. The largest absolute Gasteiger partial charge is 0.457 e. The smallest absolute Gasteiger partial charge is 0.331 e. The molecule has 0 fully saturated rings. The van der Waals surface area contributed by atoms with E-state index in [1.807, 2.05) is 0 Å². The van der Waals surface area contributed by atoms with E-state index in [0.29, 0.717) is 16.8 Å². The van der Waals surface area contributed by atoms with Crippen LogP contribution in [0.4, 0.5) is 0 Å². The predicted octanol–water partition coefficient (Wildman–Crippen LogP) is 2.99. The van der Waals surface area contributed by atoms with E-state index in [4.69, 9.17) is 33.8 Å². The molecule has 0 aliphatic carbocycles. The molecule has 0 saturated carbocycles. The molecule has 21 heavy (non-hydrogen) atoms. The molecule has 1 heterocycles. The fourth-order valence-electron chi connectivity index (χ4n) is 1.49. The Bertz CT molecular complexity index is 578. The minimum atomic E-state index is -0.553. The zero-order valence-electron chi connectivity index (χ0n) is 12.1. The molecule has 0 spiro atoms. The molecule has 1 aromatic rings. The SMILES string of the molecule is CC(C)(C)OC(=O)C=Cc1cnc(Cl)cc1C(CCl)=NN. The van der Waals surface area contributed by atoms with Crippen molar-refractivity contribution < 1.29 is 9.53 Å². The zero-order chi connectivity index (χ0) is 16.0. The van der Waals surface area contributed by atoms with Gasteiger partial charge in [0, 0.05) is 23.4 Å². The maximum absolute atomic E-state index is 11.7. The van der Waals surface area contributed by atoms with Crippen molar-refractivity contribution in [2.24, 2.45) is 10.9 Å². The first-order valence-corrected chi connectivity index (χ1v) is 7.07. The summed E-state index contributed by atoms with van der Waals surface area (Å²) in [6.07, 6.45) is 4.38. The highest BCUT2D eigenvalue weighted by Gasteiger charge is 2.14. The van der Waals surface area contributed by atoms with E-state index < -0.39 is 11.6 Å². The third kappa shape index (κ3) is 5.73. The standard InChI is InChI=1S/C14H17Cl2N3O2/c1-14(2,3)21-13(20)5-4-9-8-18-12(16)6-10(9)11(7-15)19-17/h4-6,8H,7,17H2,1-3H3. The molecule has 2 N–H and O–H groups in total. The van der Waals surface area contributed by atoms with Gasteiger partial charge in [0.2, 0.25) is 0 Å². The lowest BCUT2D eigenvalue weighted by molar-refractivity contribution is -0.148. The Labute approximate surface area is 133 Å². The van der Waals surface area contributed by atoms with Gasteiger partial charge in [0.1, 0.15) is 10.8 Å². The van der Waals surface area contributed by atoms with Gasteiger partial charge < -0.3 is 10.6 Å². The molecule has 0 amide bonds. The van der Waals surface area contributed by atoms with Gasteiger partial charge in [-0.3, -0.25) is 0 Å². The van der Waals surface area contributed by atoms with Crippen LogP contribution in [0.15, 0.2) is 23.4 Å². The van der Waals surface area contributed by atoms with Crippen molar-refractivity contribution in [3.8, 4) is 0 Å². The van der Waals surface area contributed by atoms with E-state index in [2.05, 4.69) is 10.1 Å². The average Bonchev–Trinajstić information content (AvgIpc) is 2.37. The lowest BCUT2D eigenvalue weighted by Crippen LogP contribution is -2.22. The van der Waals surface area contributed by atoms with Crippen LogP contribution in [-0.2, 0) is 9.53 Å². The molecule has 1 rings (SSSR count). The number of rotatable bonds is 4. The number of carbonyl (C=O) groups is 1. The normalized spacial score (nSPS) is 12.7. The highest BCUT2D eigenvalue weighted by Crippen LogP contribution is 2.17. The summed E-state index contributed by atoms with van der Waals surface area (Å²) >= 11 is 11.6. The number of esters is 1. The number of halogens is 2. The predicted molar refractivity (Wildman–Crippen MR) is 85.6 cm³/mol. The Morgan fingerprint density at radius 2 is 2.19 bits per heavy atom. The lowest BCUT2D eigenvalue weighted by Gasteiger charge is -2.18. The van der Waals surface area contributed by atoms with E-state index in [0.717, 1.165) is 0 Å². The van der Waals surface area contributed by atoms with Crippen LogP contribution in [0, 0.1) is 0 Å². The quantitative estimate of drug-likeness (QED) is 0.175. The third-order valence-corrected chi connectivity index (χ3v) is 2.76. The van der Waals surface area contributed by atoms with Crippen LogP contribution in [0.2, 0.25) is 5.15 Å². The summed E-state index contributed by atoms with van der Waals surface area (Å²) in [4.78, 5) is 15.6. The molecule has 0 atom stereocenters. The Morgan fingerprint density at radius 3 is 2.71 bits per heavy atom. The van der Waals surface area contributed by atoms with E-state index in [1.165, 1.54) is 12.3 Å².